The lowest BCUT2D eigenvalue weighted by atomic mass is 10.3. The second-order valence-electron chi connectivity index (χ2n) is 6.34. The van der Waals surface area contributed by atoms with Crippen LogP contribution < -0.4 is 0 Å². The maximum Gasteiger partial charge on any atom is 0.257 e. The van der Waals surface area contributed by atoms with Crippen LogP contribution in [0.4, 0.5) is 0 Å². The highest BCUT2D eigenvalue weighted by Gasteiger charge is 2.36. The van der Waals surface area contributed by atoms with Crippen molar-refractivity contribution in [2.24, 2.45) is 0 Å². The summed E-state index contributed by atoms with van der Waals surface area (Å²) in [4.78, 5) is 18.7. The van der Waals surface area contributed by atoms with Crippen LogP contribution in [0.2, 0.25) is 0 Å². The zero-order valence-electron chi connectivity index (χ0n) is 14.4. The molecule has 4 rings (SSSR count). The largest absolute Gasteiger partial charge is 0.431 e. The van der Waals surface area contributed by atoms with Gasteiger partial charge in [0.25, 0.3) is 5.22 Å². The number of amides is 1. The fourth-order valence-corrected chi connectivity index (χ4v) is 5.59. The van der Waals surface area contributed by atoms with Gasteiger partial charge in [-0.2, -0.15) is 0 Å². The number of fused-ring (bicyclic) bond motifs is 1. The van der Waals surface area contributed by atoms with Gasteiger partial charge in [0.05, 0.1) is 15.9 Å². The van der Waals surface area contributed by atoms with E-state index >= 15 is 0 Å². The highest BCUT2D eigenvalue weighted by atomic mass is 32.2. The molecule has 140 valence electrons. The van der Waals surface area contributed by atoms with E-state index in [4.69, 9.17) is 4.42 Å². The van der Waals surface area contributed by atoms with Crippen LogP contribution in [0.5, 0.6) is 0 Å². The molecular formula is C19H18N2O4S2. The van der Waals surface area contributed by atoms with Crippen molar-refractivity contribution in [3.05, 3.63) is 54.6 Å². The molecule has 1 aliphatic rings. The van der Waals surface area contributed by atoms with Crippen LogP contribution >= 0.6 is 11.8 Å². The molecule has 2 aromatic carbocycles. The maximum atomic E-state index is 12.7. The number of hydrogen-bond donors (Lipinski definition) is 0. The predicted octanol–water partition coefficient (Wildman–Crippen LogP) is 2.99. The first-order valence-corrected chi connectivity index (χ1v) is 11.1. The molecule has 0 aliphatic carbocycles. The lowest BCUT2D eigenvalue weighted by molar-refractivity contribution is -0.127. The van der Waals surface area contributed by atoms with Crippen molar-refractivity contribution in [3.63, 3.8) is 0 Å². The van der Waals surface area contributed by atoms with E-state index in [0.717, 1.165) is 5.52 Å². The molecule has 1 saturated heterocycles. The Balaban J connectivity index is 1.38. The number of hydrogen-bond acceptors (Lipinski definition) is 6. The number of rotatable bonds is 5. The van der Waals surface area contributed by atoms with Crippen molar-refractivity contribution in [2.75, 3.05) is 18.8 Å². The Morgan fingerprint density at radius 3 is 2.67 bits per heavy atom. The van der Waals surface area contributed by atoms with Crippen molar-refractivity contribution in [1.82, 2.24) is 9.88 Å². The average molecular weight is 402 g/mol. The summed E-state index contributed by atoms with van der Waals surface area (Å²) in [5, 5.41) is -0.115. The van der Waals surface area contributed by atoms with Crippen molar-refractivity contribution < 1.29 is 17.6 Å². The van der Waals surface area contributed by atoms with Crippen molar-refractivity contribution in [2.45, 2.75) is 21.8 Å². The van der Waals surface area contributed by atoms with E-state index in [2.05, 4.69) is 4.98 Å². The Kier molecular flexibility index (Phi) is 4.92. The van der Waals surface area contributed by atoms with E-state index in [-0.39, 0.29) is 18.2 Å². The minimum absolute atomic E-state index is 0.104. The van der Waals surface area contributed by atoms with Crippen LogP contribution in [0.15, 0.2) is 69.1 Å². The first-order valence-electron chi connectivity index (χ1n) is 8.59. The number of likely N-dealkylation sites (tertiary alicyclic amines) is 1. The Morgan fingerprint density at radius 2 is 1.89 bits per heavy atom. The van der Waals surface area contributed by atoms with Crippen LogP contribution in [0.25, 0.3) is 11.1 Å². The Bertz CT molecular complexity index is 1030. The van der Waals surface area contributed by atoms with E-state index in [0.29, 0.717) is 28.7 Å². The van der Waals surface area contributed by atoms with Gasteiger partial charge in [-0.25, -0.2) is 13.4 Å². The third kappa shape index (κ3) is 3.72. The number of carbonyl (C=O) groups excluding carboxylic acids is 1. The van der Waals surface area contributed by atoms with E-state index in [9.17, 15) is 13.2 Å². The van der Waals surface area contributed by atoms with E-state index < -0.39 is 15.1 Å². The molecule has 27 heavy (non-hydrogen) atoms. The fourth-order valence-electron chi connectivity index (χ4n) is 3.14. The number of para-hydroxylation sites is 2. The molecule has 2 heterocycles. The third-order valence-corrected chi connectivity index (χ3v) is 7.61. The number of aromatic nitrogens is 1. The number of oxazole rings is 1. The predicted molar refractivity (Wildman–Crippen MR) is 103 cm³/mol. The summed E-state index contributed by atoms with van der Waals surface area (Å²) in [6, 6.07) is 15.8. The van der Waals surface area contributed by atoms with Crippen LogP contribution in [-0.4, -0.2) is 48.3 Å². The molecule has 0 spiro atoms. The molecule has 0 N–H and O–H groups in total. The summed E-state index contributed by atoms with van der Waals surface area (Å²) in [5.74, 6) is 0.0679. The topological polar surface area (TPSA) is 80.5 Å². The van der Waals surface area contributed by atoms with Crippen LogP contribution in [0.3, 0.4) is 0 Å². The Morgan fingerprint density at radius 1 is 1.15 bits per heavy atom. The van der Waals surface area contributed by atoms with Gasteiger partial charge in [-0.15, -0.1) is 0 Å². The Hall–Kier alpha value is -2.32. The second kappa shape index (κ2) is 7.36. The highest BCUT2D eigenvalue weighted by Crippen LogP contribution is 2.26. The molecule has 1 fully saturated rings. The lowest BCUT2D eigenvalue weighted by Gasteiger charge is -2.16. The van der Waals surface area contributed by atoms with Gasteiger partial charge in [-0.05, 0) is 30.7 Å². The summed E-state index contributed by atoms with van der Waals surface area (Å²) >= 11 is 1.23. The first kappa shape index (κ1) is 18.1. The van der Waals surface area contributed by atoms with E-state index in [1.165, 1.54) is 11.8 Å². The number of thioether (sulfide) groups is 1. The minimum Gasteiger partial charge on any atom is -0.431 e. The van der Waals surface area contributed by atoms with Gasteiger partial charge < -0.3 is 9.32 Å². The number of nitrogens with zero attached hydrogens (tertiary/aromatic N) is 2. The minimum atomic E-state index is -3.42. The standard InChI is InChI=1S/C19H18N2O4S2/c22-18(13-26-19-20-16-8-4-5-9-17(16)25-19)21-11-10-15(12-21)27(23,24)14-6-2-1-3-7-14/h1-9,15H,10-13H2. The normalized spacial score (nSPS) is 17.5. The summed E-state index contributed by atoms with van der Waals surface area (Å²) < 4.78 is 31.0. The van der Waals surface area contributed by atoms with Crippen LogP contribution in [0, 0.1) is 0 Å². The quantitative estimate of drug-likeness (QED) is 0.611. The molecule has 3 aromatic rings. The SMILES string of the molecule is O=C(CSc1nc2ccccc2o1)N1CCC(S(=O)(=O)c2ccccc2)C1. The zero-order valence-corrected chi connectivity index (χ0v) is 16.1. The first-order chi connectivity index (χ1) is 13.0. The van der Waals surface area contributed by atoms with Crippen molar-refractivity contribution in [3.8, 4) is 0 Å². The fraction of sp³-hybridized carbons (Fsp3) is 0.263. The van der Waals surface area contributed by atoms with Crippen LogP contribution in [0.1, 0.15) is 6.42 Å². The van der Waals surface area contributed by atoms with E-state index in [1.54, 1.807) is 35.2 Å². The maximum absolute atomic E-state index is 12.7. The lowest BCUT2D eigenvalue weighted by Crippen LogP contribution is -2.33. The monoisotopic (exact) mass is 402 g/mol. The number of sulfone groups is 1. The molecule has 0 saturated carbocycles. The smallest absolute Gasteiger partial charge is 0.257 e. The number of benzene rings is 2. The molecule has 1 atom stereocenters. The van der Waals surface area contributed by atoms with Gasteiger partial charge in [0.1, 0.15) is 5.52 Å². The molecule has 1 aromatic heterocycles. The molecule has 1 aliphatic heterocycles. The number of carbonyl (C=O) groups is 1. The van der Waals surface area contributed by atoms with Crippen LogP contribution in [-0.2, 0) is 14.6 Å². The summed E-state index contributed by atoms with van der Waals surface area (Å²) in [7, 11) is -3.42. The molecule has 0 radical (unpaired) electrons. The van der Waals surface area contributed by atoms with Gasteiger partial charge in [-0.1, -0.05) is 42.1 Å². The molecule has 1 unspecified atom stereocenters. The van der Waals surface area contributed by atoms with Gasteiger partial charge >= 0.3 is 0 Å². The summed E-state index contributed by atoms with van der Waals surface area (Å²) in [6.45, 7) is 0.674. The molecular weight excluding hydrogens is 384 g/mol. The zero-order chi connectivity index (χ0) is 18.9. The summed E-state index contributed by atoms with van der Waals surface area (Å²) in [5.41, 5.74) is 1.44. The highest BCUT2D eigenvalue weighted by molar-refractivity contribution is 7.99. The van der Waals surface area contributed by atoms with Gasteiger partial charge in [-0.3, -0.25) is 4.79 Å². The molecule has 0 bridgehead atoms. The van der Waals surface area contributed by atoms with Crippen molar-refractivity contribution >= 4 is 38.6 Å². The molecule has 6 nitrogen and oxygen atoms in total. The van der Waals surface area contributed by atoms with Gasteiger partial charge in [0.15, 0.2) is 15.4 Å². The van der Waals surface area contributed by atoms with E-state index in [1.807, 2.05) is 24.3 Å². The Labute approximate surface area is 161 Å². The third-order valence-electron chi connectivity index (χ3n) is 4.60. The summed E-state index contributed by atoms with van der Waals surface area (Å²) in [6.07, 6.45) is 0.455. The molecule has 8 heteroatoms. The van der Waals surface area contributed by atoms with Crippen molar-refractivity contribution in [1.29, 1.82) is 0 Å². The average Bonchev–Trinajstić information content (AvgIpc) is 3.34. The molecule has 1 amide bonds. The van der Waals surface area contributed by atoms with Gasteiger partial charge in [0.2, 0.25) is 5.91 Å². The van der Waals surface area contributed by atoms with Gasteiger partial charge in [0, 0.05) is 13.1 Å². The second-order valence-corrected chi connectivity index (χ2v) is 9.50.